The van der Waals surface area contributed by atoms with Crippen molar-refractivity contribution in [1.29, 1.82) is 0 Å². The van der Waals surface area contributed by atoms with Gasteiger partial charge in [0, 0.05) is 24.0 Å². The number of rotatable bonds is 4. The van der Waals surface area contributed by atoms with Gasteiger partial charge >= 0.3 is 0 Å². The lowest BCUT2D eigenvalue weighted by Crippen LogP contribution is -2.45. The molecule has 0 aliphatic carbocycles. The second kappa shape index (κ2) is 5.64. The third kappa shape index (κ3) is 3.30. The smallest absolute Gasteiger partial charge is 0.0328 e. The average molecular weight is 224 g/mol. The van der Waals surface area contributed by atoms with Gasteiger partial charge in [-0.15, -0.1) is 11.3 Å². The Morgan fingerprint density at radius 2 is 2.53 bits per heavy atom. The highest BCUT2D eigenvalue weighted by Gasteiger charge is 2.18. The molecule has 15 heavy (non-hydrogen) atoms. The highest BCUT2D eigenvalue weighted by Crippen LogP contribution is 2.16. The summed E-state index contributed by atoms with van der Waals surface area (Å²) in [5.74, 6) is 0. The van der Waals surface area contributed by atoms with Crippen molar-refractivity contribution in [2.45, 2.75) is 32.4 Å². The number of hydrogen-bond donors (Lipinski definition) is 1. The van der Waals surface area contributed by atoms with E-state index in [9.17, 15) is 0 Å². The normalized spacial score (nSPS) is 23.1. The fourth-order valence-electron chi connectivity index (χ4n) is 2.28. The zero-order valence-corrected chi connectivity index (χ0v) is 10.2. The molecular weight excluding hydrogens is 204 g/mol. The molecule has 2 rings (SSSR count). The Morgan fingerprint density at radius 3 is 3.27 bits per heavy atom. The lowest BCUT2D eigenvalue weighted by molar-refractivity contribution is 0.186. The van der Waals surface area contributed by atoms with Gasteiger partial charge in [-0.1, -0.05) is 13.0 Å². The van der Waals surface area contributed by atoms with E-state index < -0.39 is 0 Å². The van der Waals surface area contributed by atoms with Crippen LogP contribution in [0.4, 0.5) is 0 Å². The van der Waals surface area contributed by atoms with E-state index in [1.807, 2.05) is 11.3 Å². The quantitative estimate of drug-likeness (QED) is 0.844. The van der Waals surface area contributed by atoms with Crippen LogP contribution in [0, 0.1) is 0 Å². The Morgan fingerprint density at radius 1 is 1.60 bits per heavy atom. The molecule has 1 aliphatic heterocycles. The van der Waals surface area contributed by atoms with Gasteiger partial charge in [-0.05, 0) is 37.4 Å². The summed E-state index contributed by atoms with van der Waals surface area (Å²) in [6.45, 7) is 6.90. The minimum atomic E-state index is 0.712. The van der Waals surface area contributed by atoms with Crippen LogP contribution < -0.4 is 5.32 Å². The van der Waals surface area contributed by atoms with Crippen molar-refractivity contribution in [1.82, 2.24) is 10.2 Å². The standard InChI is InChI=1S/C12H20N2S/c1-2-13-11-5-3-7-14(9-11)10-12-6-4-8-15-12/h4,6,8,11,13H,2-3,5,7,9-10H2,1H3. The van der Waals surface area contributed by atoms with Gasteiger partial charge in [0.05, 0.1) is 0 Å². The first-order valence-electron chi connectivity index (χ1n) is 5.86. The van der Waals surface area contributed by atoms with E-state index in [-0.39, 0.29) is 0 Å². The molecule has 1 unspecified atom stereocenters. The lowest BCUT2D eigenvalue weighted by Gasteiger charge is -2.32. The van der Waals surface area contributed by atoms with Crippen molar-refractivity contribution >= 4 is 11.3 Å². The Bertz CT molecular complexity index is 269. The topological polar surface area (TPSA) is 15.3 Å². The first-order chi connectivity index (χ1) is 7.38. The van der Waals surface area contributed by atoms with Crippen molar-refractivity contribution in [3.63, 3.8) is 0 Å². The van der Waals surface area contributed by atoms with Crippen LogP contribution in [0.15, 0.2) is 17.5 Å². The Labute approximate surface area is 96.3 Å². The summed E-state index contributed by atoms with van der Waals surface area (Å²) in [7, 11) is 0. The molecule has 1 atom stereocenters. The second-order valence-electron chi connectivity index (χ2n) is 4.21. The van der Waals surface area contributed by atoms with E-state index in [0.29, 0.717) is 6.04 Å². The van der Waals surface area contributed by atoms with Crippen LogP contribution in [0.1, 0.15) is 24.6 Å². The maximum absolute atomic E-state index is 3.56. The fraction of sp³-hybridized carbons (Fsp3) is 0.667. The summed E-state index contributed by atoms with van der Waals surface area (Å²) in [6.07, 6.45) is 2.68. The molecule has 1 N–H and O–H groups in total. The molecule has 2 nitrogen and oxygen atoms in total. The molecule has 1 aromatic rings. The van der Waals surface area contributed by atoms with E-state index in [1.54, 1.807) is 0 Å². The number of nitrogens with one attached hydrogen (secondary N) is 1. The van der Waals surface area contributed by atoms with Gasteiger partial charge in [-0.25, -0.2) is 0 Å². The fourth-order valence-corrected chi connectivity index (χ4v) is 3.02. The van der Waals surface area contributed by atoms with Crippen molar-refractivity contribution in [3.05, 3.63) is 22.4 Å². The van der Waals surface area contributed by atoms with Crippen LogP contribution in [0.25, 0.3) is 0 Å². The lowest BCUT2D eigenvalue weighted by atomic mass is 10.1. The molecule has 0 aromatic carbocycles. The zero-order valence-electron chi connectivity index (χ0n) is 9.41. The third-order valence-electron chi connectivity index (χ3n) is 2.96. The number of likely N-dealkylation sites (N-methyl/N-ethyl adjacent to an activating group) is 1. The van der Waals surface area contributed by atoms with E-state index in [2.05, 4.69) is 34.7 Å². The minimum Gasteiger partial charge on any atom is -0.313 e. The van der Waals surface area contributed by atoms with Crippen LogP contribution in [0.3, 0.4) is 0 Å². The van der Waals surface area contributed by atoms with Crippen LogP contribution in [-0.2, 0) is 6.54 Å². The first kappa shape index (κ1) is 11.1. The van der Waals surface area contributed by atoms with Crippen molar-refractivity contribution < 1.29 is 0 Å². The van der Waals surface area contributed by atoms with Crippen molar-refractivity contribution in [2.24, 2.45) is 0 Å². The molecular formula is C12H20N2S. The van der Waals surface area contributed by atoms with E-state index in [1.165, 1.54) is 30.8 Å². The summed E-state index contributed by atoms with van der Waals surface area (Å²) >= 11 is 1.87. The molecule has 0 spiro atoms. The van der Waals surface area contributed by atoms with Gasteiger partial charge in [-0.2, -0.15) is 0 Å². The number of hydrogen-bond acceptors (Lipinski definition) is 3. The monoisotopic (exact) mass is 224 g/mol. The minimum absolute atomic E-state index is 0.712. The van der Waals surface area contributed by atoms with Gasteiger partial charge in [0.2, 0.25) is 0 Å². The summed E-state index contributed by atoms with van der Waals surface area (Å²) in [5, 5.41) is 5.72. The average Bonchev–Trinajstić information content (AvgIpc) is 2.71. The van der Waals surface area contributed by atoms with Gasteiger partial charge in [-0.3, -0.25) is 4.90 Å². The number of nitrogens with zero attached hydrogens (tertiary/aromatic N) is 1. The Balaban J connectivity index is 1.82. The first-order valence-corrected chi connectivity index (χ1v) is 6.74. The van der Waals surface area contributed by atoms with Crippen molar-refractivity contribution in [2.75, 3.05) is 19.6 Å². The molecule has 1 saturated heterocycles. The molecule has 84 valence electrons. The highest BCUT2D eigenvalue weighted by atomic mass is 32.1. The molecule has 0 saturated carbocycles. The zero-order chi connectivity index (χ0) is 10.5. The van der Waals surface area contributed by atoms with E-state index in [4.69, 9.17) is 0 Å². The van der Waals surface area contributed by atoms with E-state index in [0.717, 1.165) is 13.1 Å². The summed E-state index contributed by atoms with van der Waals surface area (Å²) in [6, 6.07) is 5.09. The third-order valence-corrected chi connectivity index (χ3v) is 3.82. The summed E-state index contributed by atoms with van der Waals surface area (Å²) < 4.78 is 0. The SMILES string of the molecule is CCNC1CCCN(Cc2cccs2)C1. The number of piperidine rings is 1. The van der Waals surface area contributed by atoms with Gasteiger partial charge < -0.3 is 5.32 Å². The molecule has 1 aliphatic rings. The largest absolute Gasteiger partial charge is 0.313 e. The van der Waals surface area contributed by atoms with Crippen LogP contribution in [0.2, 0.25) is 0 Å². The summed E-state index contributed by atoms with van der Waals surface area (Å²) in [4.78, 5) is 4.06. The van der Waals surface area contributed by atoms with Gasteiger partial charge in [0.1, 0.15) is 0 Å². The molecule has 1 fully saturated rings. The maximum Gasteiger partial charge on any atom is 0.0328 e. The van der Waals surface area contributed by atoms with Crippen LogP contribution >= 0.6 is 11.3 Å². The van der Waals surface area contributed by atoms with Gasteiger partial charge in [0.15, 0.2) is 0 Å². The molecule has 0 bridgehead atoms. The molecule has 3 heteroatoms. The molecule has 0 amide bonds. The summed E-state index contributed by atoms with van der Waals surface area (Å²) in [5.41, 5.74) is 0. The van der Waals surface area contributed by atoms with Crippen LogP contribution in [-0.4, -0.2) is 30.6 Å². The molecule has 1 aromatic heterocycles. The predicted molar refractivity (Wildman–Crippen MR) is 66.3 cm³/mol. The number of thiophene rings is 1. The Hall–Kier alpha value is -0.380. The maximum atomic E-state index is 3.56. The Kier molecular flexibility index (Phi) is 4.18. The number of likely N-dealkylation sites (tertiary alicyclic amines) is 1. The van der Waals surface area contributed by atoms with Crippen LogP contribution in [0.5, 0.6) is 0 Å². The molecule has 2 heterocycles. The second-order valence-corrected chi connectivity index (χ2v) is 5.24. The molecule has 0 radical (unpaired) electrons. The van der Waals surface area contributed by atoms with E-state index >= 15 is 0 Å². The predicted octanol–water partition coefficient (Wildman–Crippen LogP) is 2.32. The van der Waals surface area contributed by atoms with Gasteiger partial charge in [0.25, 0.3) is 0 Å². The highest BCUT2D eigenvalue weighted by molar-refractivity contribution is 7.09. The van der Waals surface area contributed by atoms with Crippen molar-refractivity contribution in [3.8, 4) is 0 Å².